The van der Waals surface area contributed by atoms with E-state index in [9.17, 15) is 4.79 Å². The number of nitrogens with one attached hydrogen (secondary N) is 1. The first-order valence-corrected chi connectivity index (χ1v) is 7.37. The van der Waals surface area contributed by atoms with Crippen LogP contribution in [0.1, 0.15) is 61.3 Å². The molecule has 0 atom stereocenters. The Bertz CT molecular complexity index is 477. The van der Waals surface area contributed by atoms with E-state index in [1.54, 1.807) is 0 Å². The van der Waals surface area contributed by atoms with Crippen molar-refractivity contribution in [1.29, 1.82) is 0 Å². The van der Waals surface area contributed by atoms with Crippen molar-refractivity contribution in [3.63, 3.8) is 0 Å². The highest BCUT2D eigenvalue weighted by atomic mass is 16.6. The fraction of sp³-hybridized carbons (Fsp3) is 0.688. The van der Waals surface area contributed by atoms with Crippen molar-refractivity contribution in [1.82, 2.24) is 9.88 Å². The molecule has 1 saturated heterocycles. The number of esters is 1. The number of hydrogen-bond donors (Lipinski definition) is 1. The van der Waals surface area contributed by atoms with Gasteiger partial charge in [0.25, 0.3) is 0 Å². The van der Waals surface area contributed by atoms with Gasteiger partial charge < -0.3 is 14.6 Å². The summed E-state index contributed by atoms with van der Waals surface area (Å²) in [6.07, 6.45) is 2.29. The molecule has 2 rings (SSSR count). The van der Waals surface area contributed by atoms with E-state index in [0.29, 0.717) is 11.5 Å². The molecule has 0 saturated carbocycles. The van der Waals surface area contributed by atoms with Crippen LogP contribution in [0.2, 0.25) is 0 Å². The third-order valence-corrected chi connectivity index (χ3v) is 3.81. The molecule has 0 amide bonds. The number of aromatic nitrogens is 1. The lowest BCUT2D eigenvalue weighted by molar-refractivity contribution is 0.00689. The zero-order chi connectivity index (χ0) is 14.9. The van der Waals surface area contributed by atoms with Crippen LogP contribution >= 0.6 is 0 Å². The van der Waals surface area contributed by atoms with Gasteiger partial charge in [0, 0.05) is 17.3 Å². The van der Waals surface area contributed by atoms with Gasteiger partial charge in [0.1, 0.15) is 5.60 Å². The highest BCUT2D eigenvalue weighted by molar-refractivity contribution is 5.91. The Balaban J connectivity index is 2.11. The molecule has 1 N–H and O–H groups in total. The highest BCUT2D eigenvalue weighted by Crippen LogP contribution is 2.29. The predicted octanol–water partition coefficient (Wildman–Crippen LogP) is 3.09. The second kappa shape index (κ2) is 5.60. The Morgan fingerprint density at radius 1 is 1.35 bits per heavy atom. The molecule has 0 radical (unpaired) electrons. The lowest BCUT2D eigenvalue weighted by Gasteiger charge is -2.28. The van der Waals surface area contributed by atoms with E-state index >= 15 is 0 Å². The molecule has 1 aromatic rings. The number of rotatable bonds is 2. The summed E-state index contributed by atoms with van der Waals surface area (Å²) in [5, 5.41) is 0. The van der Waals surface area contributed by atoms with Gasteiger partial charge in [0.2, 0.25) is 0 Å². The van der Waals surface area contributed by atoms with Crippen LogP contribution in [-0.4, -0.2) is 41.6 Å². The number of aryl methyl sites for hydroxylation is 1. The van der Waals surface area contributed by atoms with Gasteiger partial charge in [0.05, 0.1) is 5.56 Å². The normalized spacial score (nSPS) is 18.2. The SMILES string of the molecule is Cc1[nH]c(C2CCN(C)CC2)cc1C(=O)OC(C)(C)C. The molecular formula is C16H26N2O2. The molecule has 20 heavy (non-hydrogen) atoms. The molecule has 4 heteroatoms. The van der Waals surface area contributed by atoms with E-state index in [1.165, 1.54) is 5.69 Å². The topological polar surface area (TPSA) is 45.3 Å². The smallest absolute Gasteiger partial charge is 0.340 e. The number of piperidine rings is 1. The minimum Gasteiger partial charge on any atom is -0.456 e. The van der Waals surface area contributed by atoms with Crippen molar-refractivity contribution in [3.05, 3.63) is 23.0 Å². The molecule has 2 heterocycles. The third-order valence-electron chi connectivity index (χ3n) is 3.81. The number of H-pyrrole nitrogens is 1. The molecule has 112 valence electrons. The van der Waals surface area contributed by atoms with Crippen LogP contribution < -0.4 is 0 Å². The van der Waals surface area contributed by atoms with Crippen molar-refractivity contribution in [2.75, 3.05) is 20.1 Å². The van der Waals surface area contributed by atoms with Crippen molar-refractivity contribution in [2.45, 2.75) is 52.1 Å². The van der Waals surface area contributed by atoms with E-state index in [0.717, 1.165) is 31.6 Å². The zero-order valence-corrected chi connectivity index (χ0v) is 13.2. The van der Waals surface area contributed by atoms with Crippen molar-refractivity contribution in [2.24, 2.45) is 0 Å². The summed E-state index contributed by atoms with van der Waals surface area (Å²) in [7, 11) is 2.16. The van der Waals surface area contributed by atoms with Gasteiger partial charge >= 0.3 is 5.97 Å². The molecule has 0 unspecified atom stereocenters. The molecule has 1 aliphatic heterocycles. The van der Waals surface area contributed by atoms with Crippen LogP contribution in [0.5, 0.6) is 0 Å². The number of carbonyl (C=O) groups is 1. The van der Waals surface area contributed by atoms with E-state index in [-0.39, 0.29) is 5.97 Å². The average Bonchev–Trinajstić information content (AvgIpc) is 2.70. The summed E-state index contributed by atoms with van der Waals surface area (Å²) in [6, 6.07) is 1.99. The minimum atomic E-state index is -0.450. The monoisotopic (exact) mass is 278 g/mol. The molecule has 0 aliphatic carbocycles. The van der Waals surface area contributed by atoms with E-state index in [4.69, 9.17) is 4.74 Å². The summed E-state index contributed by atoms with van der Waals surface area (Å²) in [4.78, 5) is 17.9. The molecular weight excluding hydrogens is 252 g/mol. The number of aromatic amines is 1. The first-order chi connectivity index (χ1) is 9.26. The van der Waals surface area contributed by atoms with Crippen LogP contribution in [0.4, 0.5) is 0 Å². The highest BCUT2D eigenvalue weighted by Gasteiger charge is 2.24. The van der Waals surface area contributed by atoms with Gasteiger partial charge in [-0.1, -0.05) is 0 Å². The van der Waals surface area contributed by atoms with E-state index in [1.807, 2.05) is 33.8 Å². The van der Waals surface area contributed by atoms with Crippen LogP contribution in [0.15, 0.2) is 6.07 Å². The summed E-state index contributed by atoms with van der Waals surface area (Å²) in [5.41, 5.74) is 2.31. The van der Waals surface area contributed by atoms with Gasteiger partial charge in [-0.05, 0) is 66.7 Å². The maximum absolute atomic E-state index is 12.2. The molecule has 1 aromatic heterocycles. The van der Waals surface area contributed by atoms with E-state index < -0.39 is 5.60 Å². The summed E-state index contributed by atoms with van der Waals surface area (Å²) < 4.78 is 5.46. The maximum atomic E-state index is 12.2. The largest absolute Gasteiger partial charge is 0.456 e. The minimum absolute atomic E-state index is 0.231. The van der Waals surface area contributed by atoms with Gasteiger partial charge in [0.15, 0.2) is 0 Å². The van der Waals surface area contributed by atoms with Crippen LogP contribution in [0.3, 0.4) is 0 Å². The Morgan fingerprint density at radius 2 is 1.95 bits per heavy atom. The van der Waals surface area contributed by atoms with E-state index in [2.05, 4.69) is 16.9 Å². The van der Waals surface area contributed by atoms with Crippen LogP contribution in [-0.2, 0) is 4.74 Å². The fourth-order valence-electron chi connectivity index (χ4n) is 2.67. The quantitative estimate of drug-likeness (QED) is 0.846. The first kappa shape index (κ1) is 15.1. The fourth-order valence-corrected chi connectivity index (χ4v) is 2.67. The second-order valence-corrected chi connectivity index (χ2v) is 6.84. The predicted molar refractivity (Wildman–Crippen MR) is 80.2 cm³/mol. The van der Waals surface area contributed by atoms with Gasteiger partial charge in [-0.15, -0.1) is 0 Å². The van der Waals surface area contributed by atoms with Crippen molar-refractivity contribution < 1.29 is 9.53 Å². The molecule has 1 fully saturated rings. The number of nitrogens with zero attached hydrogens (tertiary/aromatic N) is 1. The molecule has 1 aliphatic rings. The third kappa shape index (κ3) is 3.63. The van der Waals surface area contributed by atoms with Crippen molar-refractivity contribution >= 4 is 5.97 Å². The molecule has 0 spiro atoms. The maximum Gasteiger partial charge on any atom is 0.340 e. The standard InChI is InChI=1S/C16H26N2O2/c1-11-13(15(19)20-16(2,3)4)10-14(17-11)12-6-8-18(5)9-7-12/h10,12,17H,6-9H2,1-5H3. The summed E-state index contributed by atoms with van der Waals surface area (Å²) >= 11 is 0. The molecule has 0 bridgehead atoms. The summed E-state index contributed by atoms with van der Waals surface area (Å²) in [6.45, 7) is 9.85. The van der Waals surface area contributed by atoms with Crippen molar-refractivity contribution in [3.8, 4) is 0 Å². The summed E-state index contributed by atoms with van der Waals surface area (Å²) in [5.74, 6) is 0.298. The number of hydrogen-bond acceptors (Lipinski definition) is 3. The number of likely N-dealkylation sites (tertiary alicyclic amines) is 1. The van der Waals surface area contributed by atoms with Gasteiger partial charge in [-0.25, -0.2) is 4.79 Å². The van der Waals surface area contributed by atoms with Crippen LogP contribution in [0.25, 0.3) is 0 Å². The lowest BCUT2D eigenvalue weighted by atomic mass is 9.94. The Hall–Kier alpha value is -1.29. The number of ether oxygens (including phenoxy) is 1. The van der Waals surface area contributed by atoms with Gasteiger partial charge in [-0.3, -0.25) is 0 Å². The van der Waals surface area contributed by atoms with Gasteiger partial charge in [-0.2, -0.15) is 0 Å². The molecule has 0 aromatic carbocycles. The lowest BCUT2D eigenvalue weighted by Crippen LogP contribution is -2.29. The Kier molecular flexibility index (Phi) is 4.23. The number of carbonyl (C=O) groups excluding carboxylic acids is 1. The van der Waals surface area contributed by atoms with Crippen LogP contribution in [0, 0.1) is 6.92 Å². The molecule has 4 nitrogen and oxygen atoms in total. The Morgan fingerprint density at radius 3 is 2.50 bits per heavy atom. The average molecular weight is 278 g/mol. The first-order valence-electron chi connectivity index (χ1n) is 7.37. The second-order valence-electron chi connectivity index (χ2n) is 6.84. The Labute approximate surface area is 121 Å². The zero-order valence-electron chi connectivity index (χ0n) is 13.2.